The van der Waals surface area contributed by atoms with Gasteiger partial charge in [0.2, 0.25) is 5.91 Å². The van der Waals surface area contributed by atoms with Crippen molar-refractivity contribution in [3.8, 4) is 11.4 Å². The molecule has 4 nitrogen and oxygen atoms in total. The van der Waals surface area contributed by atoms with E-state index in [1.807, 2.05) is 41.3 Å². The van der Waals surface area contributed by atoms with Crippen LogP contribution in [0.15, 0.2) is 42.5 Å². The Morgan fingerprint density at radius 2 is 2.00 bits per heavy atom. The minimum Gasteiger partial charge on any atom is -0.300 e. The van der Waals surface area contributed by atoms with Gasteiger partial charge in [-0.05, 0) is 37.6 Å². The first-order valence-electron chi connectivity index (χ1n) is 7.71. The maximum absolute atomic E-state index is 12.6. The molecule has 1 fully saturated rings. The van der Waals surface area contributed by atoms with Gasteiger partial charge in [-0.25, -0.2) is 4.98 Å². The topological polar surface area (TPSA) is 38.1 Å². The van der Waals surface area contributed by atoms with Gasteiger partial charge in [-0.15, -0.1) is 0 Å². The fraction of sp³-hybridized carbons (Fsp3) is 0.222. The number of nitrogens with zero attached hydrogens (tertiary/aromatic N) is 3. The van der Waals surface area contributed by atoms with E-state index in [2.05, 4.69) is 17.6 Å². The van der Waals surface area contributed by atoms with Crippen LogP contribution in [0.3, 0.4) is 0 Å². The van der Waals surface area contributed by atoms with Gasteiger partial charge < -0.3 is 0 Å². The summed E-state index contributed by atoms with van der Waals surface area (Å²) in [5.41, 5.74) is 3.25. The average Bonchev–Trinajstić information content (AvgIpc) is 3.07. The summed E-state index contributed by atoms with van der Waals surface area (Å²) >= 11 is 6.47. The number of halogens is 1. The summed E-state index contributed by atoms with van der Waals surface area (Å²) in [6.07, 6.45) is 1.27. The Bertz CT molecular complexity index is 993. The van der Waals surface area contributed by atoms with Crippen LogP contribution in [0.5, 0.6) is 0 Å². The van der Waals surface area contributed by atoms with E-state index < -0.39 is 5.66 Å². The molecule has 2 aliphatic heterocycles. The Morgan fingerprint density at radius 1 is 1.17 bits per heavy atom. The minimum atomic E-state index is -0.458. The van der Waals surface area contributed by atoms with E-state index in [0.29, 0.717) is 11.4 Å². The molecule has 3 aromatic rings. The number of aromatic nitrogens is 2. The molecule has 0 radical (unpaired) electrons. The van der Waals surface area contributed by atoms with Crippen LogP contribution in [-0.2, 0) is 10.5 Å². The third-order valence-corrected chi connectivity index (χ3v) is 5.34. The van der Waals surface area contributed by atoms with Gasteiger partial charge >= 0.3 is 0 Å². The number of hydrogen-bond donors (Lipinski definition) is 0. The Kier molecular flexibility index (Phi) is 2.37. The summed E-state index contributed by atoms with van der Waals surface area (Å²) in [5.74, 6) is 1.00. The quantitative estimate of drug-likeness (QED) is 0.622. The third-order valence-electron chi connectivity index (χ3n) is 5.04. The van der Waals surface area contributed by atoms with E-state index in [0.717, 1.165) is 34.5 Å². The normalized spacial score (nSPS) is 22.2. The second-order valence-corrected chi connectivity index (χ2v) is 6.75. The highest BCUT2D eigenvalue weighted by Crippen LogP contribution is 2.52. The van der Waals surface area contributed by atoms with Crippen molar-refractivity contribution in [2.75, 3.05) is 4.90 Å². The van der Waals surface area contributed by atoms with Gasteiger partial charge in [0.05, 0.1) is 21.7 Å². The molecule has 1 amide bonds. The lowest BCUT2D eigenvalue weighted by molar-refractivity contribution is -0.117. The molecule has 3 heterocycles. The average molecular weight is 324 g/mol. The number of anilines is 1. The number of carbonyl (C=O) groups is 1. The Labute approximate surface area is 138 Å². The van der Waals surface area contributed by atoms with Gasteiger partial charge in [-0.1, -0.05) is 29.8 Å². The molecular weight excluding hydrogens is 310 g/mol. The Hall–Kier alpha value is -2.33. The van der Waals surface area contributed by atoms with E-state index in [1.54, 1.807) is 0 Å². The highest BCUT2D eigenvalue weighted by molar-refractivity contribution is 6.35. The van der Waals surface area contributed by atoms with Crippen molar-refractivity contribution in [1.82, 2.24) is 9.55 Å². The van der Waals surface area contributed by atoms with Crippen molar-refractivity contribution >= 4 is 34.2 Å². The molecule has 1 atom stereocenters. The molecule has 23 heavy (non-hydrogen) atoms. The lowest BCUT2D eigenvalue weighted by Crippen LogP contribution is -2.48. The lowest BCUT2D eigenvalue weighted by Gasteiger charge is -2.42. The van der Waals surface area contributed by atoms with E-state index in [9.17, 15) is 4.79 Å². The minimum absolute atomic E-state index is 0.116. The van der Waals surface area contributed by atoms with Crippen LogP contribution >= 0.6 is 11.6 Å². The highest BCUT2D eigenvalue weighted by Gasteiger charge is 2.50. The third kappa shape index (κ3) is 1.47. The van der Waals surface area contributed by atoms with Crippen molar-refractivity contribution in [3.63, 3.8) is 0 Å². The Balaban J connectivity index is 1.99. The highest BCUT2D eigenvalue weighted by atomic mass is 35.5. The predicted octanol–water partition coefficient (Wildman–Crippen LogP) is 4.17. The molecule has 1 aromatic heterocycles. The molecule has 0 N–H and O–H groups in total. The number of imidazole rings is 1. The zero-order valence-electron chi connectivity index (χ0n) is 12.6. The zero-order chi connectivity index (χ0) is 15.8. The van der Waals surface area contributed by atoms with Gasteiger partial charge in [-0.3, -0.25) is 14.3 Å². The SMILES string of the molecule is CC12CCC(=O)N1c1c(Cl)cccc1-c1nc3ccccc3n12. The van der Waals surface area contributed by atoms with Crippen LogP contribution in [0, 0.1) is 0 Å². The summed E-state index contributed by atoms with van der Waals surface area (Å²) in [6.45, 7) is 2.10. The molecule has 2 aliphatic rings. The first-order chi connectivity index (χ1) is 11.1. The van der Waals surface area contributed by atoms with Gasteiger partial charge in [-0.2, -0.15) is 0 Å². The van der Waals surface area contributed by atoms with Crippen LogP contribution < -0.4 is 4.90 Å². The lowest BCUT2D eigenvalue weighted by atomic mass is 10.0. The molecule has 5 heteroatoms. The molecule has 0 saturated carbocycles. The van der Waals surface area contributed by atoms with E-state index in [1.165, 1.54) is 0 Å². The van der Waals surface area contributed by atoms with E-state index >= 15 is 0 Å². The van der Waals surface area contributed by atoms with Crippen LogP contribution in [0.1, 0.15) is 19.8 Å². The number of para-hydroxylation sites is 3. The molecule has 0 bridgehead atoms. The second kappa shape index (κ2) is 4.15. The number of carbonyl (C=O) groups excluding carboxylic acids is 1. The fourth-order valence-electron chi connectivity index (χ4n) is 4.03. The summed E-state index contributed by atoms with van der Waals surface area (Å²) in [5, 5.41) is 0.599. The fourth-order valence-corrected chi connectivity index (χ4v) is 4.29. The molecular formula is C18H14ClN3O. The molecule has 1 saturated heterocycles. The molecule has 1 unspecified atom stereocenters. The van der Waals surface area contributed by atoms with Gasteiger partial charge in [0, 0.05) is 12.0 Å². The summed E-state index contributed by atoms with van der Waals surface area (Å²) < 4.78 is 2.20. The number of benzene rings is 2. The molecule has 5 rings (SSSR count). The Morgan fingerprint density at radius 3 is 2.87 bits per heavy atom. The number of amides is 1. The smallest absolute Gasteiger partial charge is 0.229 e. The number of rotatable bonds is 0. The van der Waals surface area contributed by atoms with Crippen molar-refractivity contribution in [1.29, 1.82) is 0 Å². The van der Waals surface area contributed by atoms with Crippen molar-refractivity contribution in [2.24, 2.45) is 0 Å². The predicted molar refractivity (Wildman–Crippen MR) is 90.5 cm³/mol. The molecule has 114 valence electrons. The number of hydrogen-bond acceptors (Lipinski definition) is 2. The monoisotopic (exact) mass is 323 g/mol. The van der Waals surface area contributed by atoms with E-state index in [-0.39, 0.29) is 5.91 Å². The zero-order valence-corrected chi connectivity index (χ0v) is 13.3. The first-order valence-corrected chi connectivity index (χ1v) is 8.09. The van der Waals surface area contributed by atoms with Crippen molar-refractivity contribution in [2.45, 2.75) is 25.4 Å². The molecule has 2 aromatic carbocycles. The largest absolute Gasteiger partial charge is 0.300 e. The van der Waals surface area contributed by atoms with Gasteiger partial charge in [0.15, 0.2) is 0 Å². The van der Waals surface area contributed by atoms with Gasteiger partial charge in [0.1, 0.15) is 11.5 Å². The molecule has 0 spiro atoms. The van der Waals surface area contributed by atoms with Crippen molar-refractivity contribution in [3.05, 3.63) is 47.5 Å². The first kappa shape index (κ1) is 13.1. The summed E-state index contributed by atoms with van der Waals surface area (Å²) in [7, 11) is 0. The number of fused-ring (bicyclic) bond motifs is 8. The summed E-state index contributed by atoms with van der Waals surface area (Å²) in [6, 6.07) is 13.8. The second-order valence-electron chi connectivity index (χ2n) is 6.34. The maximum atomic E-state index is 12.6. The summed E-state index contributed by atoms with van der Waals surface area (Å²) in [4.78, 5) is 19.3. The maximum Gasteiger partial charge on any atom is 0.229 e. The van der Waals surface area contributed by atoms with E-state index in [4.69, 9.17) is 16.6 Å². The standard InChI is InChI=1S/C18H14ClN3O/c1-18-10-9-15(23)22(18)16-11(5-4-6-12(16)19)17-20-13-7-2-3-8-14(13)21(17)18/h2-8H,9-10H2,1H3. The van der Waals surface area contributed by atoms with Crippen LogP contribution in [-0.4, -0.2) is 15.5 Å². The molecule has 0 aliphatic carbocycles. The van der Waals surface area contributed by atoms with Gasteiger partial charge in [0.25, 0.3) is 0 Å². The van der Waals surface area contributed by atoms with Crippen LogP contribution in [0.4, 0.5) is 5.69 Å². The van der Waals surface area contributed by atoms with Crippen LogP contribution in [0.2, 0.25) is 5.02 Å². The van der Waals surface area contributed by atoms with Crippen molar-refractivity contribution < 1.29 is 4.79 Å². The van der Waals surface area contributed by atoms with Crippen LogP contribution in [0.25, 0.3) is 22.4 Å².